The molecule has 0 bridgehead atoms. The van der Waals surface area contributed by atoms with Crippen molar-refractivity contribution < 1.29 is 27.5 Å². The number of nitrogens with zero attached hydrogens (tertiary/aromatic N) is 2. The zero-order valence-electron chi connectivity index (χ0n) is 18.9. The Labute approximate surface area is 188 Å². The summed E-state index contributed by atoms with van der Waals surface area (Å²) >= 11 is 0. The monoisotopic (exact) mass is 461 g/mol. The quantitative estimate of drug-likeness (QED) is 0.678. The molecule has 0 unspecified atom stereocenters. The van der Waals surface area contributed by atoms with Crippen molar-refractivity contribution in [2.75, 3.05) is 45.1 Å². The van der Waals surface area contributed by atoms with Crippen LogP contribution in [-0.2, 0) is 25.0 Å². The number of nitrogens with one attached hydrogen (secondary N) is 1. The van der Waals surface area contributed by atoms with Crippen LogP contribution in [0.2, 0.25) is 0 Å². The number of hydrogen-bond acceptors (Lipinski definition) is 6. The van der Waals surface area contributed by atoms with Gasteiger partial charge in [-0.3, -0.25) is 9.59 Å². The second-order valence-electron chi connectivity index (χ2n) is 8.04. The number of carbonyl (C=O) groups excluding carboxylic acids is 2. The number of methoxy groups -OCH3 is 2. The van der Waals surface area contributed by atoms with Gasteiger partial charge in [-0.1, -0.05) is 0 Å². The summed E-state index contributed by atoms with van der Waals surface area (Å²) in [5.41, 5.74) is 0.826. The lowest BCUT2D eigenvalue weighted by atomic mass is 9.86. The molecule has 0 aliphatic carbocycles. The van der Waals surface area contributed by atoms with Gasteiger partial charge < -0.3 is 19.7 Å². The SMILES string of the molecule is COc1ccc(OC)c(NC(=O)CN(C)S(=O)(=O)c2ccc3c(c2)C(C)(C)C(=O)N3C)c1. The minimum atomic E-state index is -3.97. The second kappa shape index (κ2) is 8.44. The third-order valence-corrected chi connectivity index (χ3v) is 7.40. The fourth-order valence-electron chi connectivity index (χ4n) is 3.68. The van der Waals surface area contributed by atoms with Gasteiger partial charge in [-0.25, -0.2) is 8.42 Å². The van der Waals surface area contributed by atoms with E-state index >= 15 is 0 Å². The van der Waals surface area contributed by atoms with Crippen LogP contribution in [0.4, 0.5) is 11.4 Å². The van der Waals surface area contributed by atoms with Gasteiger partial charge in [0.1, 0.15) is 11.5 Å². The van der Waals surface area contributed by atoms with Crippen LogP contribution in [0.15, 0.2) is 41.3 Å². The second-order valence-corrected chi connectivity index (χ2v) is 10.1. The number of sulfonamides is 1. The largest absolute Gasteiger partial charge is 0.497 e. The lowest BCUT2D eigenvalue weighted by Crippen LogP contribution is -2.35. The third kappa shape index (κ3) is 4.03. The highest BCUT2D eigenvalue weighted by atomic mass is 32.2. The molecule has 1 aliphatic heterocycles. The van der Waals surface area contributed by atoms with E-state index in [4.69, 9.17) is 9.47 Å². The first-order valence-electron chi connectivity index (χ1n) is 9.84. The molecular formula is C22H27N3O6S. The van der Waals surface area contributed by atoms with Gasteiger partial charge in [0.05, 0.1) is 36.8 Å². The van der Waals surface area contributed by atoms with Gasteiger partial charge in [0, 0.05) is 25.8 Å². The first-order chi connectivity index (χ1) is 14.9. The van der Waals surface area contributed by atoms with Crippen molar-refractivity contribution in [3.8, 4) is 11.5 Å². The van der Waals surface area contributed by atoms with Gasteiger partial charge in [0.25, 0.3) is 0 Å². The predicted molar refractivity (Wildman–Crippen MR) is 121 cm³/mol. The van der Waals surface area contributed by atoms with Gasteiger partial charge in [-0.15, -0.1) is 0 Å². The van der Waals surface area contributed by atoms with Crippen LogP contribution in [0.5, 0.6) is 11.5 Å². The molecule has 172 valence electrons. The number of hydrogen-bond donors (Lipinski definition) is 1. The molecule has 3 rings (SSSR count). The molecular weight excluding hydrogens is 434 g/mol. The Balaban J connectivity index is 1.82. The number of ether oxygens (including phenoxy) is 2. The van der Waals surface area contributed by atoms with Crippen molar-refractivity contribution in [1.82, 2.24) is 4.31 Å². The van der Waals surface area contributed by atoms with E-state index in [0.717, 1.165) is 4.31 Å². The summed E-state index contributed by atoms with van der Waals surface area (Å²) in [5, 5.41) is 2.66. The topological polar surface area (TPSA) is 105 Å². The van der Waals surface area contributed by atoms with E-state index in [2.05, 4.69) is 5.32 Å². The Morgan fingerprint density at radius 2 is 1.81 bits per heavy atom. The zero-order chi connectivity index (χ0) is 23.8. The number of anilines is 2. The van der Waals surface area contributed by atoms with Crippen LogP contribution in [0.3, 0.4) is 0 Å². The molecule has 2 amide bonds. The highest BCUT2D eigenvalue weighted by Gasteiger charge is 2.43. The normalized spacial score (nSPS) is 15.0. The molecule has 1 aliphatic rings. The molecule has 0 fully saturated rings. The van der Waals surface area contributed by atoms with E-state index in [-0.39, 0.29) is 10.8 Å². The summed E-state index contributed by atoms with van der Waals surface area (Å²) in [7, 11) is 1.97. The Bertz CT molecular complexity index is 1180. The summed E-state index contributed by atoms with van der Waals surface area (Å²) < 4.78 is 37.6. The highest BCUT2D eigenvalue weighted by Crippen LogP contribution is 2.41. The zero-order valence-corrected chi connectivity index (χ0v) is 19.7. The molecule has 0 aromatic heterocycles. The fourth-order valence-corrected chi connectivity index (χ4v) is 4.84. The average molecular weight is 462 g/mol. The number of likely N-dealkylation sites (N-methyl/N-ethyl adjacent to an activating group) is 2. The summed E-state index contributed by atoms with van der Waals surface area (Å²) in [6.45, 7) is 3.10. The number of benzene rings is 2. The minimum Gasteiger partial charge on any atom is -0.497 e. The lowest BCUT2D eigenvalue weighted by molar-refractivity contribution is -0.121. The van der Waals surface area contributed by atoms with E-state index in [1.54, 1.807) is 45.2 Å². The molecule has 0 atom stereocenters. The molecule has 0 saturated carbocycles. The molecule has 1 heterocycles. The van der Waals surface area contributed by atoms with Gasteiger partial charge in [-0.2, -0.15) is 4.31 Å². The van der Waals surface area contributed by atoms with E-state index in [1.807, 2.05) is 0 Å². The van der Waals surface area contributed by atoms with Gasteiger partial charge in [0.15, 0.2) is 0 Å². The highest BCUT2D eigenvalue weighted by molar-refractivity contribution is 7.89. The van der Waals surface area contributed by atoms with E-state index < -0.39 is 27.9 Å². The molecule has 32 heavy (non-hydrogen) atoms. The molecule has 2 aromatic carbocycles. The molecule has 9 nitrogen and oxygen atoms in total. The van der Waals surface area contributed by atoms with Gasteiger partial charge in [-0.05, 0) is 49.7 Å². The van der Waals surface area contributed by atoms with Crippen LogP contribution in [0.25, 0.3) is 0 Å². The molecule has 0 radical (unpaired) electrons. The average Bonchev–Trinajstić information content (AvgIpc) is 2.93. The predicted octanol–water partition coefficient (Wildman–Crippen LogP) is 2.22. The molecule has 2 aromatic rings. The molecule has 0 saturated heterocycles. The van der Waals surface area contributed by atoms with Crippen LogP contribution >= 0.6 is 0 Å². The maximum Gasteiger partial charge on any atom is 0.243 e. The Morgan fingerprint density at radius 1 is 1.12 bits per heavy atom. The van der Waals surface area contributed by atoms with E-state index in [0.29, 0.717) is 28.4 Å². The van der Waals surface area contributed by atoms with Crippen molar-refractivity contribution in [3.63, 3.8) is 0 Å². The van der Waals surface area contributed by atoms with Crippen molar-refractivity contribution >= 4 is 33.2 Å². The number of rotatable bonds is 7. The smallest absolute Gasteiger partial charge is 0.243 e. The number of fused-ring (bicyclic) bond motifs is 1. The van der Waals surface area contributed by atoms with Gasteiger partial charge >= 0.3 is 0 Å². The van der Waals surface area contributed by atoms with Crippen molar-refractivity contribution in [3.05, 3.63) is 42.0 Å². The number of amides is 2. The van der Waals surface area contributed by atoms with Crippen LogP contribution in [0.1, 0.15) is 19.4 Å². The molecule has 0 spiro atoms. The molecule has 1 N–H and O–H groups in total. The lowest BCUT2D eigenvalue weighted by Gasteiger charge is -2.20. The van der Waals surface area contributed by atoms with E-state index in [9.17, 15) is 18.0 Å². The van der Waals surface area contributed by atoms with Crippen LogP contribution < -0.4 is 19.7 Å². The first-order valence-corrected chi connectivity index (χ1v) is 11.3. The maximum atomic E-state index is 13.1. The fraction of sp³-hybridized carbons (Fsp3) is 0.364. The van der Waals surface area contributed by atoms with Crippen LogP contribution in [0, 0.1) is 0 Å². The van der Waals surface area contributed by atoms with Gasteiger partial charge in [0.2, 0.25) is 21.8 Å². The summed E-state index contributed by atoms with van der Waals surface area (Å²) in [6, 6.07) is 9.47. The third-order valence-electron chi connectivity index (χ3n) is 5.60. The Morgan fingerprint density at radius 3 is 2.44 bits per heavy atom. The van der Waals surface area contributed by atoms with Crippen LogP contribution in [-0.4, -0.2) is 59.4 Å². The van der Waals surface area contributed by atoms with Crippen molar-refractivity contribution in [1.29, 1.82) is 0 Å². The summed E-state index contributed by atoms with van der Waals surface area (Å²) in [4.78, 5) is 26.6. The molecule has 10 heteroatoms. The number of carbonyl (C=O) groups is 2. The van der Waals surface area contributed by atoms with Crippen molar-refractivity contribution in [2.45, 2.75) is 24.2 Å². The Hall–Kier alpha value is -3.11. The maximum absolute atomic E-state index is 13.1. The summed E-state index contributed by atoms with van der Waals surface area (Å²) in [6.07, 6.45) is 0. The van der Waals surface area contributed by atoms with E-state index in [1.165, 1.54) is 38.3 Å². The Kier molecular flexibility index (Phi) is 6.21. The summed E-state index contributed by atoms with van der Waals surface area (Å²) in [5.74, 6) is 0.280. The minimum absolute atomic E-state index is 0.0154. The standard InChI is InChI=1S/C22H27N3O6S/c1-22(2)16-12-15(8-9-18(16)25(4)21(22)27)32(28,29)24(3)13-20(26)23-17-11-14(30-5)7-10-19(17)31-6/h7-12H,13H2,1-6H3,(H,23,26). The van der Waals surface area contributed by atoms with Crippen molar-refractivity contribution in [2.24, 2.45) is 0 Å². The first kappa shape index (κ1) is 23.6.